The summed E-state index contributed by atoms with van der Waals surface area (Å²) in [6, 6.07) is 0. The Bertz CT molecular complexity index is 152. The Morgan fingerprint density at radius 3 is 1.93 bits per heavy atom. The van der Waals surface area contributed by atoms with Gasteiger partial charge in [-0.3, -0.25) is 0 Å². The molecular formula is C12H25NS2. The Kier molecular flexibility index (Phi) is 10.9. The van der Waals surface area contributed by atoms with Crippen LogP contribution in [0.1, 0.15) is 52.9 Å². The molecule has 0 aromatic carbocycles. The van der Waals surface area contributed by atoms with Crippen LogP contribution in [0.25, 0.3) is 0 Å². The van der Waals surface area contributed by atoms with Gasteiger partial charge in [-0.05, 0) is 25.0 Å². The highest BCUT2D eigenvalue weighted by molar-refractivity contribution is 8.22. The summed E-state index contributed by atoms with van der Waals surface area (Å²) in [5.74, 6) is 1.16. The van der Waals surface area contributed by atoms with E-state index >= 15 is 0 Å². The lowest BCUT2D eigenvalue weighted by Gasteiger charge is -2.24. The SMILES string of the molecule is CCCCN(CCCC)C(=S)SCCC. The summed E-state index contributed by atoms with van der Waals surface area (Å²) < 4.78 is 1.11. The third kappa shape index (κ3) is 8.09. The van der Waals surface area contributed by atoms with Gasteiger partial charge in [0.05, 0.1) is 0 Å². The molecule has 90 valence electrons. The lowest BCUT2D eigenvalue weighted by molar-refractivity contribution is 0.410. The van der Waals surface area contributed by atoms with Crippen LogP contribution in [0.4, 0.5) is 0 Å². The van der Waals surface area contributed by atoms with Crippen molar-refractivity contribution in [3.05, 3.63) is 0 Å². The first-order valence-corrected chi connectivity index (χ1v) is 7.57. The normalized spacial score (nSPS) is 10.3. The lowest BCUT2D eigenvalue weighted by Crippen LogP contribution is -2.29. The Labute approximate surface area is 105 Å². The maximum absolute atomic E-state index is 5.46. The van der Waals surface area contributed by atoms with Crippen LogP contribution in [0.3, 0.4) is 0 Å². The Hall–Kier alpha value is 0.240. The molecule has 0 aliphatic carbocycles. The van der Waals surface area contributed by atoms with Crippen LogP contribution in [-0.2, 0) is 0 Å². The van der Waals surface area contributed by atoms with Crippen molar-refractivity contribution in [1.29, 1.82) is 0 Å². The third-order valence-corrected chi connectivity index (χ3v) is 3.98. The first kappa shape index (κ1) is 15.2. The second kappa shape index (κ2) is 10.7. The molecule has 0 saturated carbocycles. The van der Waals surface area contributed by atoms with Crippen LogP contribution in [0.15, 0.2) is 0 Å². The molecule has 0 spiro atoms. The number of rotatable bonds is 8. The minimum absolute atomic E-state index is 1.11. The van der Waals surface area contributed by atoms with E-state index in [1.54, 1.807) is 0 Å². The number of thioether (sulfide) groups is 1. The van der Waals surface area contributed by atoms with Gasteiger partial charge in [0.15, 0.2) is 0 Å². The molecule has 0 rings (SSSR count). The average Bonchev–Trinajstić information content (AvgIpc) is 2.26. The van der Waals surface area contributed by atoms with Crippen LogP contribution >= 0.6 is 24.0 Å². The molecule has 0 unspecified atom stereocenters. The van der Waals surface area contributed by atoms with E-state index in [2.05, 4.69) is 25.7 Å². The molecule has 0 aromatic rings. The van der Waals surface area contributed by atoms with Crippen molar-refractivity contribution < 1.29 is 0 Å². The second-order valence-electron chi connectivity index (χ2n) is 3.81. The number of thiocarbonyl (C=S) groups is 1. The minimum Gasteiger partial charge on any atom is -0.358 e. The zero-order chi connectivity index (χ0) is 11.5. The first-order valence-electron chi connectivity index (χ1n) is 6.17. The standard InChI is InChI=1S/C12H25NS2/c1-4-7-9-13(10-8-5-2)12(14)15-11-6-3/h4-11H2,1-3H3. The second-order valence-corrected chi connectivity index (χ2v) is 5.54. The summed E-state index contributed by atoms with van der Waals surface area (Å²) in [6.45, 7) is 8.97. The monoisotopic (exact) mass is 247 g/mol. The molecule has 3 heteroatoms. The molecule has 0 aliphatic rings. The maximum Gasteiger partial charge on any atom is 0.136 e. The first-order chi connectivity index (χ1) is 7.26. The molecule has 15 heavy (non-hydrogen) atoms. The van der Waals surface area contributed by atoms with Crippen molar-refractivity contribution in [2.45, 2.75) is 52.9 Å². The number of unbranched alkanes of at least 4 members (excludes halogenated alkanes) is 2. The molecule has 0 bridgehead atoms. The molecule has 0 fully saturated rings. The third-order valence-electron chi connectivity index (χ3n) is 2.25. The van der Waals surface area contributed by atoms with E-state index < -0.39 is 0 Å². The fourth-order valence-electron chi connectivity index (χ4n) is 1.27. The van der Waals surface area contributed by atoms with Crippen molar-refractivity contribution in [1.82, 2.24) is 4.90 Å². The van der Waals surface area contributed by atoms with Crippen molar-refractivity contribution in [2.75, 3.05) is 18.8 Å². The summed E-state index contributed by atoms with van der Waals surface area (Å²) in [6.07, 6.45) is 6.24. The van der Waals surface area contributed by atoms with Crippen molar-refractivity contribution in [3.8, 4) is 0 Å². The van der Waals surface area contributed by atoms with E-state index in [4.69, 9.17) is 12.2 Å². The van der Waals surface area contributed by atoms with E-state index in [1.165, 1.54) is 32.1 Å². The van der Waals surface area contributed by atoms with E-state index in [0.29, 0.717) is 0 Å². The van der Waals surface area contributed by atoms with E-state index in [0.717, 1.165) is 23.2 Å². The van der Waals surface area contributed by atoms with Crippen molar-refractivity contribution in [3.63, 3.8) is 0 Å². The molecule has 0 N–H and O–H groups in total. The number of hydrogen-bond acceptors (Lipinski definition) is 2. The molecule has 0 atom stereocenters. The highest BCUT2D eigenvalue weighted by Gasteiger charge is 2.08. The van der Waals surface area contributed by atoms with Gasteiger partial charge in [0.25, 0.3) is 0 Å². The molecule has 0 aliphatic heterocycles. The Morgan fingerprint density at radius 2 is 1.53 bits per heavy atom. The van der Waals surface area contributed by atoms with Gasteiger partial charge in [-0.2, -0.15) is 0 Å². The predicted octanol–water partition coefficient (Wildman–Crippen LogP) is 4.32. The Balaban J connectivity index is 3.90. The topological polar surface area (TPSA) is 3.24 Å². The van der Waals surface area contributed by atoms with Gasteiger partial charge in [0, 0.05) is 13.1 Å². The van der Waals surface area contributed by atoms with Crippen LogP contribution in [0.2, 0.25) is 0 Å². The average molecular weight is 247 g/mol. The van der Waals surface area contributed by atoms with Gasteiger partial charge in [-0.15, -0.1) is 0 Å². The summed E-state index contributed by atoms with van der Waals surface area (Å²) in [5, 5.41) is 0. The fourth-order valence-corrected chi connectivity index (χ4v) is 2.45. The van der Waals surface area contributed by atoms with Crippen LogP contribution in [0.5, 0.6) is 0 Å². The highest BCUT2D eigenvalue weighted by Crippen LogP contribution is 2.12. The zero-order valence-electron chi connectivity index (χ0n) is 10.4. The Morgan fingerprint density at radius 1 is 1.00 bits per heavy atom. The zero-order valence-corrected chi connectivity index (χ0v) is 12.1. The van der Waals surface area contributed by atoms with Gasteiger partial charge in [-0.1, -0.05) is 57.6 Å². The van der Waals surface area contributed by atoms with Gasteiger partial charge < -0.3 is 4.90 Å². The van der Waals surface area contributed by atoms with Gasteiger partial charge in [0.2, 0.25) is 0 Å². The van der Waals surface area contributed by atoms with E-state index in [-0.39, 0.29) is 0 Å². The largest absolute Gasteiger partial charge is 0.358 e. The summed E-state index contributed by atoms with van der Waals surface area (Å²) in [7, 11) is 0. The van der Waals surface area contributed by atoms with Crippen molar-refractivity contribution >= 4 is 28.3 Å². The summed E-state index contributed by atoms with van der Waals surface area (Å²) in [4.78, 5) is 2.39. The highest BCUT2D eigenvalue weighted by atomic mass is 32.2. The van der Waals surface area contributed by atoms with E-state index in [1.807, 2.05) is 11.8 Å². The molecule has 0 aromatic heterocycles. The van der Waals surface area contributed by atoms with Gasteiger partial charge in [-0.25, -0.2) is 0 Å². The molecule has 1 nitrogen and oxygen atoms in total. The molecule has 0 saturated heterocycles. The van der Waals surface area contributed by atoms with Crippen LogP contribution in [0, 0.1) is 0 Å². The molecule has 0 radical (unpaired) electrons. The van der Waals surface area contributed by atoms with Gasteiger partial charge >= 0.3 is 0 Å². The fraction of sp³-hybridized carbons (Fsp3) is 0.917. The quantitative estimate of drug-likeness (QED) is 0.588. The smallest absolute Gasteiger partial charge is 0.136 e. The minimum atomic E-state index is 1.11. The maximum atomic E-state index is 5.46. The molecular weight excluding hydrogens is 222 g/mol. The summed E-state index contributed by atoms with van der Waals surface area (Å²) >= 11 is 7.30. The van der Waals surface area contributed by atoms with E-state index in [9.17, 15) is 0 Å². The number of nitrogens with zero attached hydrogens (tertiary/aromatic N) is 1. The lowest BCUT2D eigenvalue weighted by atomic mass is 10.3. The van der Waals surface area contributed by atoms with Crippen LogP contribution in [-0.4, -0.2) is 28.1 Å². The molecule has 0 amide bonds. The summed E-state index contributed by atoms with van der Waals surface area (Å²) in [5.41, 5.74) is 0. The van der Waals surface area contributed by atoms with Crippen LogP contribution < -0.4 is 0 Å². The van der Waals surface area contributed by atoms with Gasteiger partial charge in [0.1, 0.15) is 4.32 Å². The molecule has 0 heterocycles. The van der Waals surface area contributed by atoms with Crippen molar-refractivity contribution in [2.24, 2.45) is 0 Å². The predicted molar refractivity (Wildman–Crippen MR) is 76.7 cm³/mol. The number of hydrogen-bond donors (Lipinski definition) is 0.